The van der Waals surface area contributed by atoms with Gasteiger partial charge < -0.3 is 4.98 Å². The van der Waals surface area contributed by atoms with Gasteiger partial charge in [0.15, 0.2) is 0 Å². The minimum Gasteiger partial charge on any atom is -0.361 e. The summed E-state index contributed by atoms with van der Waals surface area (Å²) in [6.07, 6.45) is 3.78. The third kappa shape index (κ3) is 2.69. The minimum absolute atomic E-state index is 0.958. The number of fused-ring (bicyclic) bond motifs is 1. The Morgan fingerprint density at radius 1 is 1.05 bits per heavy atom. The van der Waals surface area contributed by atoms with E-state index in [1.54, 1.807) is 0 Å². The summed E-state index contributed by atoms with van der Waals surface area (Å²) in [6.45, 7) is 0. The van der Waals surface area contributed by atoms with E-state index in [0.717, 1.165) is 21.2 Å². The zero-order valence-electron chi connectivity index (χ0n) is 10.1. The van der Waals surface area contributed by atoms with E-state index >= 15 is 0 Å². The highest BCUT2D eigenvalue weighted by molar-refractivity contribution is 9.10. The highest BCUT2D eigenvalue weighted by Crippen LogP contribution is 2.16. The van der Waals surface area contributed by atoms with Crippen LogP contribution in [-0.2, 0) is 0 Å². The Morgan fingerprint density at radius 2 is 1.84 bits per heavy atom. The topological polar surface area (TPSA) is 40.2 Å². The van der Waals surface area contributed by atoms with Gasteiger partial charge in [0.05, 0.1) is 11.9 Å². The fraction of sp³-hybridized carbons (Fsp3) is 0. The molecule has 3 aromatic rings. The van der Waals surface area contributed by atoms with Crippen molar-refractivity contribution in [1.29, 1.82) is 0 Å². The molecule has 0 saturated carbocycles. The lowest BCUT2D eigenvalue weighted by atomic mass is 10.2. The molecular weight excluding hydrogens is 302 g/mol. The number of hydrogen-bond acceptors (Lipinski definition) is 2. The first-order valence-corrected chi connectivity index (χ1v) is 6.73. The molecule has 3 nitrogen and oxygen atoms in total. The molecule has 94 valence electrons. The van der Waals surface area contributed by atoms with Gasteiger partial charge in [-0.15, -0.1) is 0 Å². The van der Waals surface area contributed by atoms with Crippen LogP contribution in [0.15, 0.2) is 64.3 Å². The van der Waals surface area contributed by atoms with Crippen molar-refractivity contribution in [2.75, 3.05) is 5.43 Å². The smallest absolute Gasteiger partial charge is 0.0566 e. The van der Waals surface area contributed by atoms with Gasteiger partial charge in [-0.25, -0.2) is 0 Å². The molecule has 0 aliphatic carbocycles. The number of rotatable bonds is 3. The lowest BCUT2D eigenvalue weighted by molar-refractivity contribution is 1.35. The highest BCUT2D eigenvalue weighted by Gasteiger charge is 1.99. The number of hydrazone groups is 1. The summed E-state index contributed by atoms with van der Waals surface area (Å²) in [5.74, 6) is 0. The molecule has 2 N–H and O–H groups in total. The summed E-state index contributed by atoms with van der Waals surface area (Å²) in [6, 6.07) is 16.1. The fourth-order valence-corrected chi connectivity index (χ4v) is 2.17. The first-order chi connectivity index (χ1) is 9.33. The molecule has 3 rings (SSSR count). The van der Waals surface area contributed by atoms with Crippen LogP contribution >= 0.6 is 15.9 Å². The SMILES string of the molecule is Brc1ccc(N/N=C\c2c[nH]c3ccccc23)cc1. The van der Waals surface area contributed by atoms with Gasteiger partial charge >= 0.3 is 0 Å². The Kier molecular flexibility index (Phi) is 3.33. The average Bonchev–Trinajstić information content (AvgIpc) is 2.85. The summed E-state index contributed by atoms with van der Waals surface area (Å²) in [5.41, 5.74) is 6.16. The molecule has 0 spiro atoms. The number of H-pyrrole nitrogens is 1. The van der Waals surface area contributed by atoms with E-state index in [0.29, 0.717) is 0 Å². The van der Waals surface area contributed by atoms with E-state index in [-0.39, 0.29) is 0 Å². The summed E-state index contributed by atoms with van der Waals surface area (Å²) in [5, 5.41) is 5.42. The standard InChI is InChI=1S/C15H12BrN3/c16-12-5-7-13(8-6-12)19-18-10-11-9-17-15-4-2-1-3-14(11)15/h1-10,17,19H/b18-10-. The van der Waals surface area contributed by atoms with Crippen LogP contribution in [0.4, 0.5) is 5.69 Å². The Balaban J connectivity index is 1.77. The molecule has 2 aromatic carbocycles. The van der Waals surface area contributed by atoms with Crippen LogP contribution in [0.3, 0.4) is 0 Å². The van der Waals surface area contributed by atoms with Crippen LogP contribution in [0.1, 0.15) is 5.56 Å². The number of halogens is 1. The summed E-state index contributed by atoms with van der Waals surface area (Å²) in [7, 11) is 0. The number of hydrogen-bond donors (Lipinski definition) is 2. The molecule has 0 bridgehead atoms. The molecule has 19 heavy (non-hydrogen) atoms. The van der Waals surface area contributed by atoms with E-state index < -0.39 is 0 Å². The Bertz CT molecular complexity index is 714. The lowest BCUT2D eigenvalue weighted by Gasteiger charge is -1.99. The zero-order valence-corrected chi connectivity index (χ0v) is 11.7. The number of aromatic amines is 1. The fourth-order valence-electron chi connectivity index (χ4n) is 1.90. The first kappa shape index (κ1) is 12.0. The Hall–Kier alpha value is -2.07. The monoisotopic (exact) mass is 313 g/mol. The van der Waals surface area contributed by atoms with Gasteiger partial charge in [-0.3, -0.25) is 5.43 Å². The quantitative estimate of drug-likeness (QED) is 0.547. The lowest BCUT2D eigenvalue weighted by Crippen LogP contribution is -1.89. The number of nitrogens with zero attached hydrogens (tertiary/aromatic N) is 1. The van der Waals surface area contributed by atoms with Crippen molar-refractivity contribution in [2.24, 2.45) is 5.10 Å². The van der Waals surface area contributed by atoms with Crippen LogP contribution in [0.2, 0.25) is 0 Å². The van der Waals surface area contributed by atoms with Crippen molar-refractivity contribution in [1.82, 2.24) is 4.98 Å². The summed E-state index contributed by atoms with van der Waals surface area (Å²) >= 11 is 3.40. The first-order valence-electron chi connectivity index (χ1n) is 5.94. The second-order valence-corrected chi connectivity index (χ2v) is 5.08. The third-order valence-electron chi connectivity index (χ3n) is 2.86. The number of nitrogens with one attached hydrogen (secondary N) is 2. The zero-order chi connectivity index (χ0) is 13.1. The molecule has 0 radical (unpaired) electrons. The normalized spacial score (nSPS) is 11.2. The summed E-state index contributed by atoms with van der Waals surface area (Å²) < 4.78 is 1.05. The maximum Gasteiger partial charge on any atom is 0.0566 e. The number of benzene rings is 2. The second-order valence-electron chi connectivity index (χ2n) is 4.17. The average molecular weight is 314 g/mol. The van der Waals surface area contributed by atoms with E-state index in [1.807, 2.05) is 48.8 Å². The van der Waals surface area contributed by atoms with Crippen molar-refractivity contribution >= 4 is 38.7 Å². The van der Waals surface area contributed by atoms with E-state index in [9.17, 15) is 0 Å². The largest absolute Gasteiger partial charge is 0.361 e. The Morgan fingerprint density at radius 3 is 2.68 bits per heavy atom. The van der Waals surface area contributed by atoms with Crippen LogP contribution in [-0.4, -0.2) is 11.2 Å². The van der Waals surface area contributed by atoms with Crippen LogP contribution < -0.4 is 5.43 Å². The minimum atomic E-state index is 0.958. The molecule has 0 amide bonds. The maximum absolute atomic E-state index is 4.25. The molecular formula is C15H12BrN3. The molecule has 0 fully saturated rings. The van der Waals surface area contributed by atoms with Gasteiger partial charge in [-0.1, -0.05) is 34.1 Å². The predicted octanol–water partition coefficient (Wildman–Crippen LogP) is 4.38. The van der Waals surface area contributed by atoms with E-state index in [2.05, 4.69) is 43.6 Å². The van der Waals surface area contributed by atoms with Gasteiger partial charge in [-0.2, -0.15) is 5.10 Å². The molecule has 0 unspecified atom stereocenters. The molecule has 0 aliphatic rings. The molecule has 0 saturated heterocycles. The van der Waals surface area contributed by atoms with Crippen LogP contribution in [0.5, 0.6) is 0 Å². The van der Waals surface area contributed by atoms with E-state index in [4.69, 9.17) is 0 Å². The van der Waals surface area contributed by atoms with Crippen molar-refractivity contribution in [3.05, 3.63) is 64.8 Å². The molecule has 1 heterocycles. The number of aromatic nitrogens is 1. The van der Waals surface area contributed by atoms with Crippen molar-refractivity contribution in [3.63, 3.8) is 0 Å². The molecule has 0 aliphatic heterocycles. The van der Waals surface area contributed by atoms with Gasteiger partial charge in [0.2, 0.25) is 0 Å². The predicted molar refractivity (Wildman–Crippen MR) is 83.7 cm³/mol. The van der Waals surface area contributed by atoms with Crippen LogP contribution in [0, 0.1) is 0 Å². The van der Waals surface area contributed by atoms with Gasteiger partial charge in [0.25, 0.3) is 0 Å². The molecule has 4 heteroatoms. The van der Waals surface area contributed by atoms with Crippen molar-refractivity contribution < 1.29 is 0 Å². The number of para-hydroxylation sites is 1. The van der Waals surface area contributed by atoms with Crippen molar-refractivity contribution in [3.8, 4) is 0 Å². The number of anilines is 1. The van der Waals surface area contributed by atoms with Gasteiger partial charge in [0, 0.05) is 27.1 Å². The second kappa shape index (κ2) is 5.28. The highest BCUT2D eigenvalue weighted by atomic mass is 79.9. The molecule has 1 aromatic heterocycles. The summed E-state index contributed by atoms with van der Waals surface area (Å²) in [4.78, 5) is 3.22. The molecule has 0 atom stereocenters. The Labute approximate surface area is 119 Å². The van der Waals surface area contributed by atoms with Crippen molar-refractivity contribution in [2.45, 2.75) is 0 Å². The van der Waals surface area contributed by atoms with Crippen LogP contribution in [0.25, 0.3) is 10.9 Å². The maximum atomic E-state index is 4.25. The third-order valence-corrected chi connectivity index (χ3v) is 3.39. The van der Waals surface area contributed by atoms with Gasteiger partial charge in [0.1, 0.15) is 0 Å². The van der Waals surface area contributed by atoms with E-state index in [1.165, 1.54) is 5.39 Å². The van der Waals surface area contributed by atoms with Gasteiger partial charge in [-0.05, 0) is 30.3 Å².